The molecule has 1 N–H and O–H groups in total. The van der Waals surface area contributed by atoms with Crippen LogP contribution in [0, 0.1) is 10.1 Å². The summed E-state index contributed by atoms with van der Waals surface area (Å²) < 4.78 is 4.83. The third-order valence-corrected chi connectivity index (χ3v) is 4.76. The number of nitro benzene ring substituents is 1. The van der Waals surface area contributed by atoms with Crippen molar-refractivity contribution in [3.63, 3.8) is 0 Å². The molecular formula is C11H10N4O3S3. The molecule has 0 aliphatic heterocycles. The van der Waals surface area contributed by atoms with Gasteiger partial charge >= 0.3 is 0 Å². The number of non-ortho nitro benzene ring substituents is 1. The summed E-state index contributed by atoms with van der Waals surface area (Å²) in [6.07, 6.45) is 1.89. The first kappa shape index (κ1) is 15.7. The van der Waals surface area contributed by atoms with E-state index >= 15 is 0 Å². The van der Waals surface area contributed by atoms with Crippen molar-refractivity contribution in [2.45, 2.75) is 9.50 Å². The van der Waals surface area contributed by atoms with E-state index in [4.69, 9.17) is 0 Å². The first-order valence-corrected chi connectivity index (χ1v) is 8.61. The fourth-order valence-electron chi connectivity index (χ4n) is 1.33. The average Bonchev–Trinajstić information content (AvgIpc) is 2.94. The normalized spacial score (nSPS) is 10.3. The Morgan fingerprint density at radius 1 is 1.43 bits per heavy atom. The highest BCUT2D eigenvalue weighted by atomic mass is 32.2. The molecule has 7 nitrogen and oxygen atoms in total. The molecule has 0 unspecified atom stereocenters. The number of amides is 1. The summed E-state index contributed by atoms with van der Waals surface area (Å²) in [7, 11) is 0. The smallest absolute Gasteiger partial charge is 0.269 e. The first-order chi connectivity index (χ1) is 10.1. The van der Waals surface area contributed by atoms with Crippen molar-refractivity contribution in [3.05, 3.63) is 34.4 Å². The molecule has 0 saturated carbocycles. The van der Waals surface area contributed by atoms with Gasteiger partial charge in [-0.1, -0.05) is 23.5 Å². The molecule has 0 aliphatic rings. The molecule has 0 atom stereocenters. The lowest BCUT2D eigenvalue weighted by molar-refractivity contribution is -0.384. The van der Waals surface area contributed by atoms with Crippen LogP contribution >= 0.6 is 35.1 Å². The Labute approximate surface area is 132 Å². The molecule has 2 rings (SSSR count). The van der Waals surface area contributed by atoms with Gasteiger partial charge in [-0.3, -0.25) is 14.9 Å². The largest absolute Gasteiger partial charge is 0.325 e. The van der Waals surface area contributed by atoms with Gasteiger partial charge in [-0.2, -0.15) is 4.37 Å². The van der Waals surface area contributed by atoms with E-state index in [9.17, 15) is 14.9 Å². The Bertz CT molecular complexity index is 644. The van der Waals surface area contributed by atoms with Crippen LogP contribution in [0.2, 0.25) is 0 Å². The number of carbonyl (C=O) groups is 1. The monoisotopic (exact) mass is 342 g/mol. The molecule has 1 aromatic heterocycles. The molecular weight excluding hydrogens is 332 g/mol. The third kappa shape index (κ3) is 4.69. The molecule has 0 aliphatic carbocycles. The molecule has 0 bridgehead atoms. The van der Waals surface area contributed by atoms with Gasteiger partial charge in [-0.25, -0.2) is 4.98 Å². The zero-order valence-electron chi connectivity index (χ0n) is 10.8. The molecule has 0 fully saturated rings. The number of carbonyl (C=O) groups excluding carboxylic acids is 1. The maximum atomic E-state index is 11.8. The van der Waals surface area contributed by atoms with Gasteiger partial charge in [0.25, 0.3) is 5.69 Å². The van der Waals surface area contributed by atoms with Crippen LogP contribution in [0.5, 0.6) is 0 Å². The number of nitrogens with zero attached hydrogens (tertiary/aromatic N) is 3. The van der Waals surface area contributed by atoms with E-state index < -0.39 is 4.92 Å². The van der Waals surface area contributed by atoms with Gasteiger partial charge in [0, 0.05) is 17.8 Å². The maximum Gasteiger partial charge on any atom is 0.269 e. The number of benzene rings is 1. The number of thioether (sulfide) groups is 2. The highest BCUT2D eigenvalue weighted by molar-refractivity contribution is 8.01. The predicted molar refractivity (Wildman–Crippen MR) is 84.1 cm³/mol. The molecule has 0 saturated heterocycles. The van der Waals surface area contributed by atoms with Crippen LogP contribution in [0.4, 0.5) is 11.4 Å². The van der Waals surface area contributed by atoms with E-state index in [0.717, 1.165) is 4.34 Å². The van der Waals surface area contributed by atoms with Gasteiger partial charge in [-0.15, -0.1) is 0 Å². The van der Waals surface area contributed by atoms with E-state index in [2.05, 4.69) is 14.7 Å². The van der Waals surface area contributed by atoms with E-state index in [-0.39, 0.29) is 17.3 Å². The van der Waals surface area contributed by atoms with Crippen LogP contribution < -0.4 is 5.32 Å². The molecule has 110 valence electrons. The summed E-state index contributed by atoms with van der Waals surface area (Å²) in [5, 5.41) is 13.9. The van der Waals surface area contributed by atoms with Crippen LogP contribution in [-0.4, -0.2) is 32.2 Å². The number of nitrogens with one attached hydrogen (secondary N) is 1. The standard InChI is InChI=1S/C11H10N4O3S3/c1-19-10-13-11(21-14-10)20-6-9(16)12-7-2-4-8(5-3-7)15(17)18/h2-5H,6H2,1H3,(H,12,16). The molecule has 0 spiro atoms. The number of aromatic nitrogens is 2. The summed E-state index contributed by atoms with van der Waals surface area (Å²) >= 11 is 4.01. The Hall–Kier alpha value is -1.65. The summed E-state index contributed by atoms with van der Waals surface area (Å²) in [5.74, 6) is 0.00903. The number of hydrogen-bond donors (Lipinski definition) is 1. The first-order valence-electron chi connectivity index (χ1n) is 5.63. The zero-order valence-corrected chi connectivity index (χ0v) is 13.3. The highest BCUT2D eigenvalue weighted by Crippen LogP contribution is 2.23. The SMILES string of the molecule is CSc1nsc(SCC(=O)Nc2ccc([N+](=O)[O-])cc2)n1. The Morgan fingerprint density at radius 2 is 2.14 bits per heavy atom. The predicted octanol–water partition coefficient (Wildman–Crippen LogP) is 2.90. The van der Waals surface area contributed by atoms with Crippen molar-refractivity contribution < 1.29 is 9.72 Å². The van der Waals surface area contributed by atoms with Crippen molar-refractivity contribution in [2.24, 2.45) is 0 Å². The quantitative estimate of drug-likeness (QED) is 0.489. The van der Waals surface area contributed by atoms with Crippen molar-refractivity contribution >= 4 is 52.3 Å². The van der Waals surface area contributed by atoms with Crippen molar-refractivity contribution in [3.8, 4) is 0 Å². The third-order valence-electron chi connectivity index (χ3n) is 2.26. The van der Waals surface area contributed by atoms with Crippen LogP contribution in [0.3, 0.4) is 0 Å². The van der Waals surface area contributed by atoms with Crippen molar-refractivity contribution in [1.82, 2.24) is 9.36 Å². The van der Waals surface area contributed by atoms with Crippen LogP contribution in [0.1, 0.15) is 0 Å². The molecule has 0 radical (unpaired) electrons. The Balaban J connectivity index is 1.85. The van der Waals surface area contributed by atoms with Gasteiger partial charge in [0.05, 0.1) is 10.7 Å². The lowest BCUT2D eigenvalue weighted by Crippen LogP contribution is -2.13. The fourth-order valence-corrected chi connectivity index (χ4v) is 3.34. The van der Waals surface area contributed by atoms with Crippen LogP contribution in [-0.2, 0) is 4.79 Å². The van der Waals surface area contributed by atoms with E-state index in [0.29, 0.717) is 10.8 Å². The van der Waals surface area contributed by atoms with Gasteiger partial charge in [0.15, 0.2) is 4.34 Å². The lowest BCUT2D eigenvalue weighted by atomic mass is 10.3. The Kier molecular flexibility index (Phi) is 5.53. The molecule has 1 amide bonds. The number of rotatable bonds is 6. The minimum atomic E-state index is -0.486. The fraction of sp³-hybridized carbons (Fsp3) is 0.182. The highest BCUT2D eigenvalue weighted by Gasteiger charge is 2.09. The van der Waals surface area contributed by atoms with Gasteiger partial charge in [-0.05, 0) is 29.9 Å². The molecule has 10 heteroatoms. The maximum absolute atomic E-state index is 11.8. The minimum Gasteiger partial charge on any atom is -0.325 e. The number of anilines is 1. The number of hydrogen-bond acceptors (Lipinski definition) is 8. The second-order valence-corrected chi connectivity index (χ2v) is 6.44. The van der Waals surface area contributed by atoms with Crippen LogP contribution in [0.25, 0.3) is 0 Å². The second kappa shape index (κ2) is 7.38. The molecule has 1 heterocycles. The molecule has 21 heavy (non-hydrogen) atoms. The summed E-state index contributed by atoms with van der Waals surface area (Å²) in [6, 6.07) is 5.69. The van der Waals surface area contributed by atoms with E-state index in [1.54, 1.807) is 0 Å². The van der Waals surface area contributed by atoms with Crippen LogP contribution in [0.15, 0.2) is 33.8 Å². The summed E-state index contributed by atoms with van der Waals surface area (Å²) in [5.41, 5.74) is 0.508. The van der Waals surface area contributed by atoms with Gasteiger partial charge < -0.3 is 5.32 Å². The van der Waals surface area contributed by atoms with Crippen molar-refractivity contribution in [2.75, 3.05) is 17.3 Å². The molecule has 2 aromatic rings. The Morgan fingerprint density at radius 3 is 2.71 bits per heavy atom. The molecule has 1 aromatic carbocycles. The number of nitro groups is 1. The summed E-state index contributed by atoms with van der Waals surface area (Å²) in [6.45, 7) is 0. The summed E-state index contributed by atoms with van der Waals surface area (Å²) in [4.78, 5) is 26.0. The van der Waals surface area contributed by atoms with E-state index in [1.165, 1.54) is 59.3 Å². The van der Waals surface area contributed by atoms with Gasteiger partial charge in [0.2, 0.25) is 11.1 Å². The van der Waals surface area contributed by atoms with E-state index in [1.807, 2.05) is 6.26 Å². The topological polar surface area (TPSA) is 98.0 Å². The van der Waals surface area contributed by atoms with Crippen molar-refractivity contribution in [1.29, 1.82) is 0 Å². The zero-order chi connectivity index (χ0) is 15.2. The second-order valence-electron chi connectivity index (χ2n) is 3.69. The van der Waals surface area contributed by atoms with Gasteiger partial charge in [0.1, 0.15) is 0 Å². The lowest BCUT2D eigenvalue weighted by Gasteiger charge is -2.03. The average molecular weight is 342 g/mol. The minimum absolute atomic E-state index is 0.0131.